The third-order valence-electron chi connectivity index (χ3n) is 4.02. The second-order valence-corrected chi connectivity index (χ2v) is 5.60. The molecule has 1 aromatic heterocycles. The Balaban J connectivity index is 2.04. The summed E-state index contributed by atoms with van der Waals surface area (Å²) in [5.74, 6) is 0.0847. The highest BCUT2D eigenvalue weighted by Crippen LogP contribution is 2.29. The van der Waals surface area contributed by atoms with Crippen molar-refractivity contribution in [2.45, 2.75) is 59.0 Å². The number of carbonyl (C=O) groups is 1. The van der Waals surface area contributed by atoms with E-state index in [1.807, 2.05) is 33.2 Å². The molecule has 1 fully saturated rings. The Hall–Kier alpha value is -1.38. The van der Waals surface area contributed by atoms with Crippen LogP contribution in [0.25, 0.3) is 0 Å². The van der Waals surface area contributed by atoms with Crippen LogP contribution in [-0.2, 0) is 9.53 Å². The molecule has 1 aliphatic carbocycles. The molecule has 1 atom stereocenters. The highest BCUT2D eigenvalue weighted by molar-refractivity contribution is 5.72. The maximum absolute atomic E-state index is 12.2. The minimum Gasteiger partial charge on any atom is -0.458 e. The molecule has 0 aliphatic heterocycles. The summed E-state index contributed by atoms with van der Waals surface area (Å²) in [5, 5.41) is 0. The average molecular weight is 261 g/mol. The van der Waals surface area contributed by atoms with Crippen LogP contribution >= 0.6 is 0 Å². The van der Waals surface area contributed by atoms with Crippen molar-refractivity contribution in [1.29, 1.82) is 0 Å². The highest BCUT2D eigenvalue weighted by atomic mass is 16.5. The lowest BCUT2D eigenvalue weighted by Gasteiger charge is -2.23. The van der Waals surface area contributed by atoms with Crippen molar-refractivity contribution in [3.05, 3.63) is 29.1 Å². The van der Waals surface area contributed by atoms with Gasteiger partial charge < -0.3 is 4.74 Å². The number of rotatable bonds is 3. The van der Waals surface area contributed by atoms with Crippen LogP contribution in [0.4, 0.5) is 0 Å². The van der Waals surface area contributed by atoms with Crippen LogP contribution in [0.5, 0.6) is 0 Å². The number of nitrogens with zero attached hydrogens (tertiary/aromatic N) is 1. The van der Waals surface area contributed by atoms with E-state index in [2.05, 4.69) is 4.98 Å². The van der Waals surface area contributed by atoms with E-state index in [1.54, 1.807) is 0 Å². The minimum absolute atomic E-state index is 0.0252. The first-order chi connectivity index (χ1) is 9.09. The molecule has 0 radical (unpaired) electrons. The molecule has 0 saturated heterocycles. The lowest BCUT2D eigenvalue weighted by molar-refractivity contribution is -0.154. The van der Waals surface area contributed by atoms with Crippen LogP contribution < -0.4 is 0 Å². The topological polar surface area (TPSA) is 39.2 Å². The monoisotopic (exact) mass is 261 g/mol. The van der Waals surface area contributed by atoms with Crippen molar-refractivity contribution >= 4 is 5.97 Å². The van der Waals surface area contributed by atoms with Gasteiger partial charge in [-0.15, -0.1) is 0 Å². The standard InChI is InChI=1S/C16H23NO2/c1-11-9-17-10-12(2)15(11)13(3)19-16(18)14-7-5-4-6-8-14/h9-10,13-14H,4-8H2,1-3H3. The van der Waals surface area contributed by atoms with E-state index in [-0.39, 0.29) is 18.0 Å². The van der Waals surface area contributed by atoms with Crippen molar-refractivity contribution in [3.63, 3.8) is 0 Å². The molecule has 0 bridgehead atoms. The Labute approximate surface area is 115 Å². The summed E-state index contributed by atoms with van der Waals surface area (Å²) in [6.07, 6.45) is 9.00. The quantitative estimate of drug-likeness (QED) is 0.775. The number of aryl methyl sites for hydroxylation is 2. The number of aromatic nitrogens is 1. The Morgan fingerprint density at radius 2 is 1.79 bits per heavy atom. The molecule has 0 aromatic carbocycles. The van der Waals surface area contributed by atoms with Gasteiger partial charge in [-0.1, -0.05) is 19.3 Å². The Kier molecular flexibility index (Phi) is 4.56. The molecule has 1 heterocycles. The first kappa shape index (κ1) is 14.0. The van der Waals surface area contributed by atoms with Gasteiger partial charge in [0.25, 0.3) is 0 Å². The third kappa shape index (κ3) is 3.34. The zero-order chi connectivity index (χ0) is 13.8. The molecule has 0 spiro atoms. The number of hydrogen-bond donors (Lipinski definition) is 0. The van der Waals surface area contributed by atoms with E-state index in [9.17, 15) is 4.79 Å². The second kappa shape index (κ2) is 6.18. The van der Waals surface area contributed by atoms with Gasteiger partial charge in [0.2, 0.25) is 0 Å². The van der Waals surface area contributed by atoms with Gasteiger partial charge in [-0.05, 0) is 44.7 Å². The van der Waals surface area contributed by atoms with Crippen LogP contribution in [-0.4, -0.2) is 11.0 Å². The highest BCUT2D eigenvalue weighted by Gasteiger charge is 2.25. The van der Waals surface area contributed by atoms with Crippen molar-refractivity contribution in [1.82, 2.24) is 4.98 Å². The molecule has 1 saturated carbocycles. The van der Waals surface area contributed by atoms with E-state index >= 15 is 0 Å². The zero-order valence-corrected chi connectivity index (χ0v) is 12.1. The smallest absolute Gasteiger partial charge is 0.309 e. The molecular weight excluding hydrogens is 238 g/mol. The largest absolute Gasteiger partial charge is 0.458 e. The fourth-order valence-electron chi connectivity index (χ4n) is 3.02. The molecule has 0 N–H and O–H groups in total. The van der Waals surface area contributed by atoms with Crippen LogP contribution in [0.3, 0.4) is 0 Å². The van der Waals surface area contributed by atoms with Gasteiger partial charge in [-0.25, -0.2) is 0 Å². The van der Waals surface area contributed by atoms with E-state index in [4.69, 9.17) is 4.74 Å². The Bertz CT molecular complexity index is 430. The van der Waals surface area contributed by atoms with Crippen LogP contribution in [0.1, 0.15) is 61.8 Å². The molecule has 1 aliphatic rings. The number of pyridine rings is 1. The lowest BCUT2D eigenvalue weighted by atomic mass is 9.89. The third-order valence-corrected chi connectivity index (χ3v) is 4.02. The Morgan fingerprint density at radius 3 is 2.37 bits per heavy atom. The lowest BCUT2D eigenvalue weighted by Crippen LogP contribution is -2.22. The minimum atomic E-state index is -0.183. The van der Waals surface area contributed by atoms with E-state index in [1.165, 1.54) is 6.42 Å². The molecule has 3 nitrogen and oxygen atoms in total. The van der Waals surface area contributed by atoms with Crippen LogP contribution in [0, 0.1) is 19.8 Å². The van der Waals surface area contributed by atoms with Crippen LogP contribution in [0.2, 0.25) is 0 Å². The molecule has 104 valence electrons. The summed E-state index contributed by atoms with van der Waals surface area (Å²) >= 11 is 0. The molecule has 1 aromatic rings. The number of esters is 1. The normalized spacial score (nSPS) is 18.1. The van der Waals surface area contributed by atoms with Gasteiger partial charge in [0.15, 0.2) is 0 Å². The van der Waals surface area contributed by atoms with Crippen molar-refractivity contribution in [2.24, 2.45) is 5.92 Å². The van der Waals surface area contributed by atoms with Gasteiger partial charge in [-0.3, -0.25) is 9.78 Å². The fraction of sp³-hybridized carbons (Fsp3) is 0.625. The second-order valence-electron chi connectivity index (χ2n) is 5.60. The van der Waals surface area contributed by atoms with E-state index in [0.29, 0.717) is 0 Å². The first-order valence-corrected chi connectivity index (χ1v) is 7.21. The predicted octanol–water partition coefficient (Wildman–Crippen LogP) is 3.88. The number of ether oxygens (including phenoxy) is 1. The van der Waals surface area contributed by atoms with Gasteiger partial charge in [0.1, 0.15) is 6.10 Å². The zero-order valence-electron chi connectivity index (χ0n) is 12.1. The van der Waals surface area contributed by atoms with Crippen LogP contribution in [0.15, 0.2) is 12.4 Å². The number of hydrogen-bond acceptors (Lipinski definition) is 3. The Morgan fingerprint density at radius 1 is 1.21 bits per heavy atom. The number of carbonyl (C=O) groups excluding carboxylic acids is 1. The van der Waals surface area contributed by atoms with Crippen molar-refractivity contribution in [3.8, 4) is 0 Å². The molecular formula is C16H23NO2. The molecule has 19 heavy (non-hydrogen) atoms. The van der Waals surface area contributed by atoms with Gasteiger partial charge >= 0.3 is 5.97 Å². The van der Waals surface area contributed by atoms with Gasteiger partial charge in [0, 0.05) is 18.0 Å². The summed E-state index contributed by atoms with van der Waals surface area (Å²) < 4.78 is 5.67. The molecule has 3 heteroatoms. The van der Waals surface area contributed by atoms with Crippen molar-refractivity contribution in [2.75, 3.05) is 0 Å². The summed E-state index contributed by atoms with van der Waals surface area (Å²) in [7, 11) is 0. The maximum atomic E-state index is 12.2. The van der Waals surface area contributed by atoms with Gasteiger partial charge in [-0.2, -0.15) is 0 Å². The van der Waals surface area contributed by atoms with E-state index in [0.717, 1.165) is 42.4 Å². The summed E-state index contributed by atoms with van der Waals surface area (Å²) in [6, 6.07) is 0. The average Bonchev–Trinajstić information content (AvgIpc) is 2.39. The van der Waals surface area contributed by atoms with Gasteiger partial charge in [0.05, 0.1) is 5.92 Å². The summed E-state index contributed by atoms with van der Waals surface area (Å²) in [5.41, 5.74) is 3.27. The summed E-state index contributed by atoms with van der Waals surface area (Å²) in [4.78, 5) is 16.3. The van der Waals surface area contributed by atoms with Crippen molar-refractivity contribution < 1.29 is 9.53 Å². The van der Waals surface area contributed by atoms with E-state index < -0.39 is 0 Å². The first-order valence-electron chi connectivity index (χ1n) is 7.21. The molecule has 0 amide bonds. The molecule has 2 rings (SSSR count). The molecule has 1 unspecified atom stereocenters. The fourth-order valence-corrected chi connectivity index (χ4v) is 3.02. The SMILES string of the molecule is Cc1cncc(C)c1C(C)OC(=O)C1CCCCC1. The maximum Gasteiger partial charge on any atom is 0.309 e. The predicted molar refractivity (Wildman–Crippen MR) is 74.8 cm³/mol. The summed E-state index contributed by atoms with van der Waals surface area (Å²) in [6.45, 7) is 5.98.